The second-order valence-corrected chi connectivity index (χ2v) is 8.07. The molecule has 8 nitrogen and oxygen atoms in total. The van der Waals surface area contributed by atoms with Crippen LogP contribution < -0.4 is 5.32 Å². The fraction of sp³-hybridized carbons (Fsp3) is 0.545. The normalized spacial score (nSPS) is 23.5. The summed E-state index contributed by atoms with van der Waals surface area (Å²) in [6, 6.07) is 6.00. The van der Waals surface area contributed by atoms with Crippen molar-refractivity contribution < 1.29 is 28.7 Å². The van der Waals surface area contributed by atoms with E-state index in [1.54, 1.807) is 30.5 Å². The molecule has 3 N–H and O–H groups in total. The first-order valence-electron chi connectivity index (χ1n) is 10.4. The maximum absolute atomic E-state index is 13.6. The Labute approximate surface area is 181 Å². The zero-order valence-electron chi connectivity index (χ0n) is 17.8. The van der Waals surface area contributed by atoms with Gasteiger partial charge in [0.25, 0.3) is 0 Å². The number of nitrogens with zero attached hydrogens (tertiary/aromatic N) is 2. The summed E-state index contributed by atoms with van der Waals surface area (Å²) < 4.78 is 23.7. The van der Waals surface area contributed by atoms with Gasteiger partial charge in [-0.2, -0.15) is 0 Å². The molecule has 2 heterocycles. The SMILES string of the molecule is C[C@@H]1C[C@H](N(C)CCC(=O)N[C@H](CF)[C@H](O)c2ccc(-c3cnoc3)cc2)C[C@H](O)O1. The fourth-order valence-corrected chi connectivity index (χ4v) is 3.85. The number of alkyl halides is 1. The number of ether oxygens (including phenoxy) is 1. The van der Waals surface area contributed by atoms with Gasteiger partial charge in [-0.15, -0.1) is 0 Å². The molecule has 1 aromatic carbocycles. The molecule has 31 heavy (non-hydrogen) atoms. The number of aliphatic hydroxyl groups is 2. The highest BCUT2D eigenvalue weighted by Gasteiger charge is 2.29. The first kappa shape index (κ1) is 23.3. The van der Waals surface area contributed by atoms with Crippen molar-refractivity contribution in [2.24, 2.45) is 0 Å². The van der Waals surface area contributed by atoms with E-state index >= 15 is 0 Å². The zero-order chi connectivity index (χ0) is 22.4. The number of hydrogen-bond acceptors (Lipinski definition) is 7. The minimum absolute atomic E-state index is 0.0488. The molecule has 0 radical (unpaired) electrons. The Morgan fingerprint density at radius 2 is 2.06 bits per heavy atom. The lowest BCUT2D eigenvalue weighted by molar-refractivity contribution is -0.173. The molecule has 1 amide bonds. The minimum Gasteiger partial charge on any atom is -0.386 e. The van der Waals surface area contributed by atoms with Crippen LogP contribution in [0.2, 0.25) is 0 Å². The minimum atomic E-state index is -1.17. The van der Waals surface area contributed by atoms with Crippen molar-refractivity contribution in [3.05, 3.63) is 42.3 Å². The summed E-state index contributed by atoms with van der Waals surface area (Å²) in [5.41, 5.74) is 2.16. The van der Waals surface area contributed by atoms with Gasteiger partial charge in [-0.05, 0) is 31.5 Å². The van der Waals surface area contributed by atoms with Crippen LogP contribution in [0.5, 0.6) is 0 Å². The number of benzene rings is 1. The van der Waals surface area contributed by atoms with E-state index in [1.807, 2.05) is 18.9 Å². The van der Waals surface area contributed by atoms with Crippen molar-refractivity contribution in [1.82, 2.24) is 15.4 Å². The Bertz CT molecular complexity index is 807. The molecule has 1 aromatic heterocycles. The zero-order valence-corrected chi connectivity index (χ0v) is 17.8. The fourth-order valence-electron chi connectivity index (χ4n) is 3.85. The highest BCUT2D eigenvalue weighted by molar-refractivity contribution is 5.76. The molecule has 1 aliphatic heterocycles. The molecule has 3 rings (SSSR count). The quantitative estimate of drug-likeness (QED) is 0.553. The van der Waals surface area contributed by atoms with Gasteiger partial charge in [-0.1, -0.05) is 29.4 Å². The molecule has 0 spiro atoms. The molecule has 0 bridgehead atoms. The van der Waals surface area contributed by atoms with Gasteiger partial charge in [0.15, 0.2) is 6.29 Å². The Morgan fingerprint density at radius 1 is 1.32 bits per heavy atom. The van der Waals surface area contributed by atoms with Crippen LogP contribution in [0, 0.1) is 0 Å². The Balaban J connectivity index is 1.50. The second-order valence-electron chi connectivity index (χ2n) is 8.07. The number of carbonyl (C=O) groups is 1. The number of halogens is 1. The third-order valence-corrected chi connectivity index (χ3v) is 5.69. The van der Waals surface area contributed by atoms with Crippen molar-refractivity contribution in [1.29, 1.82) is 0 Å². The summed E-state index contributed by atoms with van der Waals surface area (Å²) in [4.78, 5) is 14.4. The number of hydrogen-bond donors (Lipinski definition) is 3. The standard InChI is InChI=1S/C22H30FN3O5/c1-14-9-18(10-21(28)31-14)26(2)8-7-20(27)25-19(11-23)22(29)16-5-3-15(4-6-16)17-12-24-30-13-17/h3-6,12-14,18-19,21-22,28-29H,7-11H2,1-2H3,(H,25,27)/t14-,18+,19-,21-,22-/m1/s1. The Hall–Kier alpha value is -2.33. The third-order valence-electron chi connectivity index (χ3n) is 5.69. The number of aliphatic hydroxyl groups excluding tert-OH is 2. The predicted octanol–water partition coefficient (Wildman–Crippen LogP) is 2.04. The number of amides is 1. The largest absolute Gasteiger partial charge is 0.386 e. The number of rotatable bonds is 9. The van der Waals surface area contributed by atoms with Crippen LogP contribution in [0.4, 0.5) is 4.39 Å². The van der Waals surface area contributed by atoms with Crippen LogP contribution in [-0.2, 0) is 9.53 Å². The average molecular weight is 435 g/mol. The van der Waals surface area contributed by atoms with Crippen LogP contribution in [0.3, 0.4) is 0 Å². The van der Waals surface area contributed by atoms with Gasteiger partial charge >= 0.3 is 0 Å². The van der Waals surface area contributed by atoms with E-state index in [9.17, 15) is 19.4 Å². The van der Waals surface area contributed by atoms with Gasteiger partial charge in [0.1, 0.15) is 19.0 Å². The van der Waals surface area contributed by atoms with Gasteiger partial charge in [0, 0.05) is 31.0 Å². The third kappa shape index (κ3) is 6.33. The topological polar surface area (TPSA) is 108 Å². The maximum Gasteiger partial charge on any atom is 0.221 e. The van der Waals surface area contributed by atoms with Crippen molar-refractivity contribution >= 4 is 5.91 Å². The highest BCUT2D eigenvalue weighted by atomic mass is 19.1. The van der Waals surface area contributed by atoms with Crippen molar-refractivity contribution in [2.45, 2.75) is 56.8 Å². The van der Waals surface area contributed by atoms with Gasteiger partial charge in [-0.25, -0.2) is 4.39 Å². The van der Waals surface area contributed by atoms with Crippen LogP contribution in [0.25, 0.3) is 11.1 Å². The predicted molar refractivity (Wildman–Crippen MR) is 112 cm³/mol. The summed E-state index contributed by atoms with van der Waals surface area (Å²) in [7, 11) is 1.89. The molecule has 0 unspecified atom stereocenters. The molecule has 1 saturated heterocycles. The molecular formula is C22H30FN3O5. The molecule has 9 heteroatoms. The first-order valence-corrected chi connectivity index (χ1v) is 10.4. The van der Waals surface area contributed by atoms with Gasteiger partial charge in [0.05, 0.1) is 18.3 Å². The summed E-state index contributed by atoms with van der Waals surface area (Å²) in [5.74, 6) is -0.338. The van der Waals surface area contributed by atoms with Crippen LogP contribution >= 0.6 is 0 Å². The van der Waals surface area contributed by atoms with Crippen LogP contribution in [0.1, 0.15) is 37.9 Å². The highest BCUT2D eigenvalue weighted by Crippen LogP contribution is 2.24. The molecule has 1 aliphatic rings. The number of carbonyl (C=O) groups excluding carboxylic acids is 1. The van der Waals surface area contributed by atoms with E-state index in [-0.39, 0.29) is 24.5 Å². The monoisotopic (exact) mass is 435 g/mol. The second kappa shape index (κ2) is 10.8. The summed E-state index contributed by atoms with van der Waals surface area (Å²) in [5, 5.41) is 26.6. The van der Waals surface area contributed by atoms with Gasteiger partial charge in [-0.3, -0.25) is 4.79 Å². The lowest BCUT2D eigenvalue weighted by Crippen LogP contribution is -2.45. The summed E-state index contributed by atoms with van der Waals surface area (Å²) >= 11 is 0. The van der Waals surface area contributed by atoms with Crippen molar-refractivity contribution in [3.8, 4) is 11.1 Å². The first-order chi connectivity index (χ1) is 14.9. The molecule has 5 atom stereocenters. The average Bonchev–Trinajstić information content (AvgIpc) is 3.29. The van der Waals surface area contributed by atoms with Crippen LogP contribution in [0.15, 0.2) is 41.2 Å². The van der Waals surface area contributed by atoms with E-state index in [0.29, 0.717) is 18.5 Å². The smallest absolute Gasteiger partial charge is 0.221 e. The summed E-state index contributed by atoms with van der Waals surface area (Å²) in [6.07, 6.45) is 2.48. The lowest BCUT2D eigenvalue weighted by atomic mass is 10.00. The van der Waals surface area contributed by atoms with Gasteiger partial charge in [0.2, 0.25) is 5.91 Å². The molecule has 2 aromatic rings. The van der Waals surface area contributed by atoms with Crippen molar-refractivity contribution in [2.75, 3.05) is 20.3 Å². The molecule has 0 saturated carbocycles. The van der Waals surface area contributed by atoms with Crippen molar-refractivity contribution in [3.63, 3.8) is 0 Å². The molecule has 170 valence electrons. The van der Waals surface area contributed by atoms with E-state index in [4.69, 9.17) is 9.26 Å². The van der Waals surface area contributed by atoms with E-state index in [0.717, 1.165) is 17.5 Å². The molecule has 1 fully saturated rings. The van der Waals surface area contributed by atoms with E-state index in [2.05, 4.69) is 10.5 Å². The van der Waals surface area contributed by atoms with E-state index < -0.39 is 25.1 Å². The Morgan fingerprint density at radius 3 is 2.68 bits per heavy atom. The lowest BCUT2D eigenvalue weighted by Gasteiger charge is -2.36. The maximum atomic E-state index is 13.6. The number of nitrogens with one attached hydrogen (secondary N) is 1. The molecule has 0 aliphatic carbocycles. The van der Waals surface area contributed by atoms with Crippen LogP contribution in [-0.4, -0.2) is 70.9 Å². The van der Waals surface area contributed by atoms with Gasteiger partial charge < -0.3 is 29.7 Å². The Kier molecular flexibility index (Phi) is 8.14. The molecular weight excluding hydrogens is 405 g/mol. The van der Waals surface area contributed by atoms with E-state index in [1.165, 1.54) is 6.26 Å². The number of aromatic nitrogens is 1. The summed E-state index contributed by atoms with van der Waals surface area (Å²) in [6.45, 7) is 1.47.